The zero-order valence-electron chi connectivity index (χ0n) is 15.8. The fourth-order valence-corrected chi connectivity index (χ4v) is 3.05. The molecule has 1 saturated heterocycles. The van der Waals surface area contributed by atoms with Crippen molar-refractivity contribution in [3.8, 4) is 0 Å². The lowest BCUT2D eigenvalue weighted by atomic mass is 10.1. The fourth-order valence-electron chi connectivity index (χ4n) is 3.05. The van der Waals surface area contributed by atoms with E-state index in [0.29, 0.717) is 0 Å². The Hall–Kier alpha value is -2.66. The van der Waals surface area contributed by atoms with Crippen LogP contribution in [0.2, 0.25) is 0 Å². The SMILES string of the molecule is O=C(c1cc(F)c(F)c(F)c1F)N1CCO[C@H](COCc2cccc(C(F)(F)F)c2)C1. The van der Waals surface area contributed by atoms with Crippen molar-refractivity contribution in [2.45, 2.75) is 18.9 Å². The van der Waals surface area contributed by atoms with Crippen LogP contribution < -0.4 is 0 Å². The molecule has 2 aromatic carbocycles. The molecule has 0 saturated carbocycles. The van der Waals surface area contributed by atoms with Crippen molar-refractivity contribution in [2.24, 2.45) is 0 Å². The van der Waals surface area contributed by atoms with Crippen LogP contribution in [0.25, 0.3) is 0 Å². The van der Waals surface area contributed by atoms with Gasteiger partial charge in [0.2, 0.25) is 0 Å². The molecule has 1 aliphatic rings. The monoisotopic (exact) mass is 451 g/mol. The maximum absolute atomic E-state index is 13.9. The summed E-state index contributed by atoms with van der Waals surface area (Å²) in [4.78, 5) is 13.5. The van der Waals surface area contributed by atoms with Gasteiger partial charge in [0.15, 0.2) is 23.3 Å². The van der Waals surface area contributed by atoms with Crippen LogP contribution >= 0.6 is 0 Å². The van der Waals surface area contributed by atoms with E-state index < -0.39 is 52.6 Å². The number of carbonyl (C=O) groups is 1. The van der Waals surface area contributed by atoms with Gasteiger partial charge in [0, 0.05) is 13.1 Å². The van der Waals surface area contributed by atoms with E-state index in [4.69, 9.17) is 9.47 Å². The molecule has 0 bridgehead atoms. The van der Waals surface area contributed by atoms with Crippen LogP contribution in [-0.2, 0) is 22.3 Å². The summed E-state index contributed by atoms with van der Waals surface area (Å²) in [7, 11) is 0. The van der Waals surface area contributed by atoms with Crippen molar-refractivity contribution in [2.75, 3.05) is 26.3 Å². The first-order valence-corrected chi connectivity index (χ1v) is 9.05. The quantitative estimate of drug-likeness (QED) is 0.386. The Kier molecular flexibility index (Phi) is 6.85. The van der Waals surface area contributed by atoms with Gasteiger partial charge >= 0.3 is 6.18 Å². The van der Waals surface area contributed by atoms with E-state index in [9.17, 15) is 35.5 Å². The zero-order chi connectivity index (χ0) is 22.8. The molecule has 1 amide bonds. The van der Waals surface area contributed by atoms with E-state index in [1.165, 1.54) is 12.1 Å². The molecule has 0 unspecified atom stereocenters. The summed E-state index contributed by atoms with van der Waals surface area (Å²) in [6, 6.07) is 4.85. The van der Waals surface area contributed by atoms with Gasteiger partial charge in [-0.3, -0.25) is 4.79 Å². The minimum absolute atomic E-state index is 0.0109. The summed E-state index contributed by atoms with van der Waals surface area (Å²) in [5.74, 6) is -8.65. The Labute approximate surface area is 172 Å². The highest BCUT2D eigenvalue weighted by Gasteiger charge is 2.31. The Morgan fingerprint density at radius 3 is 2.55 bits per heavy atom. The number of nitrogens with zero attached hydrogens (tertiary/aromatic N) is 1. The average molecular weight is 451 g/mol. The number of benzene rings is 2. The molecule has 0 N–H and O–H groups in total. The van der Waals surface area contributed by atoms with Gasteiger partial charge < -0.3 is 14.4 Å². The Morgan fingerprint density at radius 1 is 1.10 bits per heavy atom. The first-order chi connectivity index (χ1) is 14.6. The molecule has 11 heteroatoms. The summed E-state index contributed by atoms with van der Waals surface area (Å²) < 4.78 is 103. The number of ether oxygens (including phenoxy) is 2. The lowest BCUT2D eigenvalue weighted by Crippen LogP contribution is -2.47. The second kappa shape index (κ2) is 9.23. The van der Waals surface area contributed by atoms with Crippen molar-refractivity contribution < 1.29 is 45.0 Å². The number of halogens is 7. The standard InChI is InChI=1S/C20H16F7NO3/c21-15-7-14(16(22)18(24)17(15)23)19(29)28-4-5-31-13(8-28)10-30-9-11-2-1-3-12(6-11)20(25,26)27/h1-3,6-7,13H,4-5,8-10H2/t13-/m0/s1. The third kappa shape index (κ3) is 5.34. The number of hydrogen-bond acceptors (Lipinski definition) is 3. The molecule has 0 aliphatic carbocycles. The summed E-state index contributed by atoms with van der Waals surface area (Å²) in [6.07, 6.45) is -5.19. The van der Waals surface area contributed by atoms with Gasteiger partial charge in [0.05, 0.1) is 37.1 Å². The molecule has 0 radical (unpaired) electrons. The molecular formula is C20H16F7NO3. The fraction of sp³-hybridized carbons (Fsp3) is 0.350. The van der Waals surface area contributed by atoms with Crippen LogP contribution in [0.1, 0.15) is 21.5 Å². The highest BCUT2D eigenvalue weighted by Crippen LogP contribution is 2.29. The highest BCUT2D eigenvalue weighted by atomic mass is 19.4. The number of hydrogen-bond donors (Lipinski definition) is 0. The molecule has 1 heterocycles. The minimum atomic E-state index is -4.49. The Bertz CT molecular complexity index is 965. The third-order valence-electron chi connectivity index (χ3n) is 4.59. The number of morpholine rings is 1. The number of alkyl halides is 3. The Morgan fingerprint density at radius 2 is 1.84 bits per heavy atom. The normalized spacial score (nSPS) is 17.1. The van der Waals surface area contributed by atoms with Gasteiger partial charge in [0.1, 0.15) is 0 Å². The molecule has 2 aromatic rings. The second-order valence-corrected chi connectivity index (χ2v) is 6.81. The molecular weight excluding hydrogens is 435 g/mol. The molecule has 0 aromatic heterocycles. The molecule has 1 fully saturated rings. The second-order valence-electron chi connectivity index (χ2n) is 6.81. The largest absolute Gasteiger partial charge is 0.416 e. The average Bonchev–Trinajstić information content (AvgIpc) is 2.74. The van der Waals surface area contributed by atoms with Gasteiger partial charge in [-0.25, -0.2) is 17.6 Å². The number of amides is 1. The minimum Gasteiger partial charge on any atom is -0.374 e. The maximum atomic E-state index is 13.9. The van der Waals surface area contributed by atoms with Crippen LogP contribution in [0, 0.1) is 23.3 Å². The molecule has 4 nitrogen and oxygen atoms in total. The molecule has 1 aliphatic heterocycles. The lowest BCUT2D eigenvalue weighted by Gasteiger charge is -2.33. The maximum Gasteiger partial charge on any atom is 0.416 e. The third-order valence-corrected chi connectivity index (χ3v) is 4.59. The van der Waals surface area contributed by atoms with Crippen molar-refractivity contribution >= 4 is 5.91 Å². The molecule has 168 valence electrons. The van der Waals surface area contributed by atoms with Crippen molar-refractivity contribution in [3.05, 3.63) is 70.3 Å². The van der Waals surface area contributed by atoms with Gasteiger partial charge in [-0.15, -0.1) is 0 Å². The summed E-state index contributed by atoms with van der Waals surface area (Å²) in [5.41, 5.74) is -1.50. The van der Waals surface area contributed by atoms with E-state index in [1.807, 2.05) is 0 Å². The van der Waals surface area contributed by atoms with Gasteiger partial charge in [-0.2, -0.15) is 13.2 Å². The van der Waals surface area contributed by atoms with Crippen LogP contribution in [0.4, 0.5) is 30.7 Å². The first kappa shape index (κ1) is 23.0. The van der Waals surface area contributed by atoms with E-state index >= 15 is 0 Å². The molecule has 1 atom stereocenters. The predicted molar refractivity (Wildman–Crippen MR) is 93.0 cm³/mol. The van der Waals surface area contributed by atoms with Gasteiger partial charge in [-0.1, -0.05) is 12.1 Å². The smallest absolute Gasteiger partial charge is 0.374 e. The van der Waals surface area contributed by atoms with E-state index in [0.717, 1.165) is 17.0 Å². The Balaban J connectivity index is 1.60. The number of carbonyl (C=O) groups excluding carboxylic acids is 1. The number of rotatable bonds is 5. The van der Waals surface area contributed by atoms with E-state index in [2.05, 4.69) is 0 Å². The topological polar surface area (TPSA) is 38.8 Å². The van der Waals surface area contributed by atoms with Gasteiger partial charge in [0.25, 0.3) is 5.91 Å². The van der Waals surface area contributed by atoms with Crippen LogP contribution in [0.15, 0.2) is 30.3 Å². The molecule has 31 heavy (non-hydrogen) atoms. The molecule has 0 spiro atoms. The first-order valence-electron chi connectivity index (χ1n) is 9.05. The van der Waals surface area contributed by atoms with E-state index in [-0.39, 0.29) is 44.5 Å². The van der Waals surface area contributed by atoms with Crippen LogP contribution in [0.3, 0.4) is 0 Å². The lowest BCUT2D eigenvalue weighted by molar-refractivity contribution is -0.137. The van der Waals surface area contributed by atoms with Crippen LogP contribution in [0.5, 0.6) is 0 Å². The van der Waals surface area contributed by atoms with Gasteiger partial charge in [-0.05, 0) is 23.8 Å². The van der Waals surface area contributed by atoms with E-state index in [1.54, 1.807) is 0 Å². The van der Waals surface area contributed by atoms with Crippen molar-refractivity contribution in [1.29, 1.82) is 0 Å². The highest BCUT2D eigenvalue weighted by molar-refractivity contribution is 5.94. The van der Waals surface area contributed by atoms with Crippen molar-refractivity contribution in [3.63, 3.8) is 0 Å². The summed E-state index contributed by atoms with van der Waals surface area (Å²) >= 11 is 0. The summed E-state index contributed by atoms with van der Waals surface area (Å²) in [6.45, 7) is -0.378. The van der Waals surface area contributed by atoms with Crippen LogP contribution in [-0.4, -0.2) is 43.2 Å². The molecule has 3 rings (SSSR count). The predicted octanol–water partition coefficient (Wildman–Crippen LogP) is 4.32. The summed E-state index contributed by atoms with van der Waals surface area (Å²) in [5, 5.41) is 0. The zero-order valence-corrected chi connectivity index (χ0v) is 15.8. The van der Waals surface area contributed by atoms with Crippen molar-refractivity contribution in [1.82, 2.24) is 4.90 Å².